The molecule has 1 aliphatic carbocycles. The van der Waals surface area contributed by atoms with Gasteiger partial charge in [-0.3, -0.25) is 29.0 Å². The Hall–Kier alpha value is -5.04. The summed E-state index contributed by atoms with van der Waals surface area (Å²) in [6.07, 6.45) is 10.3. The SMILES string of the molecule is C=C1N[C@@H]([C@H](O)C2CCCCC2)C(=O)N(CCCC)C12CCN(Cc1ccc(Oc3ccc(C(=O)NCCOCCCc4ccc(C(=O)N5CCC5=O)cc4)cc3)cc1)CC2. The minimum Gasteiger partial charge on any atom is -0.457 e. The van der Waals surface area contributed by atoms with Crippen LogP contribution in [0.1, 0.15) is 109 Å². The molecule has 1 spiro atoms. The minimum absolute atomic E-state index is 0.0330. The van der Waals surface area contributed by atoms with E-state index >= 15 is 0 Å². The number of piperazine rings is 1. The lowest BCUT2D eigenvalue weighted by molar-refractivity contribution is -0.149. The molecule has 3 saturated heterocycles. The van der Waals surface area contributed by atoms with Gasteiger partial charge in [0, 0.05) is 69.1 Å². The first-order valence-electron chi connectivity index (χ1n) is 22.5. The fourth-order valence-corrected chi connectivity index (χ4v) is 9.25. The van der Waals surface area contributed by atoms with Gasteiger partial charge in [-0.2, -0.15) is 0 Å². The molecule has 0 aromatic heterocycles. The number of unbranched alkanes of at least 4 members (excludes halogenated alkanes) is 1. The Morgan fingerprint density at radius 1 is 0.869 bits per heavy atom. The summed E-state index contributed by atoms with van der Waals surface area (Å²) >= 11 is 0. The summed E-state index contributed by atoms with van der Waals surface area (Å²) in [5.41, 5.74) is 3.77. The van der Waals surface area contributed by atoms with Crippen LogP contribution < -0.4 is 15.4 Å². The van der Waals surface area contributed by atoms with Crippen LogP contribution in [-0.2, 0) is 27.3 Å². The van der Waals surface area contributed by atoms with E-state index in [1.807, 2.05) is 24.3 Å². The van der Waals surface area contributed by atoms with E-state index in [2.05, 4.69) is 46.1 Å². The van der Waals surface area contributed by atoms with E-state index in [9.17, 15) is 24.3 Å². The molecular weight excluding hydrogens is 771 g/mol. The van der Waals surface area contributed by atoms with E-state index in [0.717, 1.165) is 95.1 Å². The first kappa shape index (κ1) is 44.0. The lowest BCUT2D eigenvalue weighted by Gasteiger charge is -2.55. The largest absolute Gasteiger partial charge is 0.457 e. The molecule has 7 rings (SSSR count). The Morgan fingerprint density at radius 2 is 1.52 bits per heavy atom. The summed E-state index contributed by atoms with van der Waals surface area (Å²) in [6, 6.07) is 21.9. The zero-order valence-corrected chi connectivity index (χ0v) is 35.7. The molecular formula is C49H63N5O7. The highest BCUT2D eigenvalue weighted by atomic mass is 16.5. The number of hydrogen-bond acceptors (Lipinski definition) is 9. The number of ether oxygens (including phenoxy) is 2. The number of carbonyl (C=O) groups is 4. The number of imide groups is 1. The van der Waals surface area contributed by atoms with Crippen molar-refractivity contribution in [3.05, 3.63) is 107 Å². The summed E-state index contributed by atoms with van der Waals surface area (Å²) in [6.45, 7) is 11.6. The number of carbonyl (C=O) groups excluding carboxylic acids is 4. The predicted molar refractivity (Wildman–Crippen MR) is 234 cm³/mol. The Balaban J connectivity index is 0.802. The molecule has 4 amide bonds. The highest BCUT2D eigenvalue weighted by Crippen LogP contribution is 2.40. The zero-order chi connectivity index (χ0) is 42.8. The second kappa shape index (κ2) is 20.7. The number of likely N-dealkylation sites (tertiary alicyclic amines) is 2. The van der Waals surface area contributed by atoms with Crippen molar-refractivity contribution in [3.8, 4) is 11.5 Å². The van der Waals surface area contributed by atoms with E-state index < -0.39 is 17.7 Å². The van der Waals surface area contributed by atoms with Gasteiger partial charge in [0.2, 0.25) is 11.8 Å². The van der Waals surface area contributed by atoms with Gasteiger partial charge in [-0.15, -0.1) is 0 Å². The van der Waals surface area contributed by atoms with Crippen LogP contribution in [0, 0.1) is 5.92 Å². The van der Waals surface area contributed by atoms with Crippen molar-refractivity contribution in [1.29, 1.82) is 0 Å². The molecule has 3 aliphatic heterocycles. The first-order valence-corrected chi connectivity index (χ1v) is 22.5. The molecule has 4 aliphatic rings. The number of aryl methyl sites for hydroxylation is 1. The van der Waals surface area contributed by atoms with Crippen LogP contribution in [0.4, 0.5) is 0 Å². The molecule has 2 atom stereocenters. The number of nitrogens with zero attached hydrogens (tertiary/aromatic N) is 3. The van der Waals surface area contributed by atoms with Crippen LogP contribution in [0.2, 0.25) is 0 Å². The summed E-state index contributed by atoms with van der Waals surface area (Å²) in [4.78, 5) is 56.4. The maximum atomic E-state index is 14.1. The van der Waals surface area contributed by atoms with Gasteiger partial charge in [0.25, 0.3) is 11.8 Å². The number of amides is 4. The highest BCUT2D eigenvalue weighted by molar-refractivity contribution is 6.07. The van der Waals surface area contributed by atoms with Crippen molar-refractivity contribution in [2.75, 3.05) is 45.9 Å². The molecule has 1 saturated carbocycles. The van der Waals surface area contributed by atoms with Crippen molar-refractivity contribution >= 4 is 23.6 Å². The molecule has 61 heavy (non-hydrogen) atoms. The Kier molecular flexibility index (Phi) is 14.9. The van der Waals surface area contributed by atoms with E-state index in [4.69, 9.17) is 9.47 Å². The van der Waals surface area contributed by atoms with Gasteiger partial charge in [-0.25, -0.2) is 0 Å². The van der Waals surface area contributed by atoms with Crippen molar-refractivity contribution < 1.29 is 33.8 Å². The third-order valence-electron chi connectivity index (χ3n) is 13.1. The van der Waals surface area contributed by atoms with Crippen LogP contribution in [0.25, 0.3) is 0 Å². The average molecular weight is 834 g/mol. The number of rotatable bonds is 18. The van der Waals surface area contributed by atoms with Crippen LogP contribution in [0.5, 0.6) is 11.5 Å². The van der Waals surface area contributed by atoms with Gasteiger partial charge in [0.15, 0.2) is 0 Å². The number of aliphatic hydroxyl groups is 1. The average Bonchev–Trinajstić information content (AvgIpc) is 3.28. The Labute approximate surface area is 360 Å². The lowest BCUT2D eigenvalue weighted by Crippen LogP contribution is -2.70. The number of piperidine rings is 1. The summed E-state index contributed by atoms with van der Waals surface area (Å²) < 4.78 is 11.8. The van der Waals surface area contributed by atoms with Gasteiger partial charge >= 0.3 is 0 Å². The van der Waals surface area contributed by atoms with Crippen LogP contribution in [0.3, 0.4) is 0 Å². The van der Waals surface area contributed by atoms with Gasteiger partial charge in [-0.05, 0) is 111 Å². The molecule has 0 radical (unpaired) electrons. The third-order valence-corrected chi connectivity index (χ3v) is 13.1. The molecule has 0 bridgehead atoms. The number of aliphatic hydroxyl groups excluding tert-OH is 1. The maximum absolute atomic E-state index is 14.1. The molecule has 0 unspecified atom stereocenters. The van der Waals surface area contributed by atoms with Crippen LogP contribution >= 0.6 is 0 Å². The van der Waals surface area contributed by atoms with Crippen LogP contribution in [-0.4, -0.2) is 107 Å². The molecule has 3 heterocycles. The van der Waals surface area contributed by atoms with E-state index in [1.54, 1.807) is 36.4 Å². The van der Waals surface area contributed by atoms with Gasteiger partial charge in [-0.1, -0.05) is 63.5 Å². The number of benzene rings is 3. The lowest BCUT2D eigenvalue weighted by atomic mass is 9.76. The second-order valence-corrected chi connectivity index (χ2v) is 17.2. The van der Waals surface area contributed by atoms with Crippen LogP contribution in [0.15, 0.2) is 85.1 Å². The quantitative estimate of drug-likeness (QED) is 0.0733. The smallest absolute Gasteiger partial charge is 0.260 e. The maximum Gasteiger partial charge on any atom is 0.260 e. The van der Waals surface area contributed by atoms with Crippen molar-refractivity contribution in [2.45, 2.75) is 108 Å². The van der Waals surface area contributed by atoms with Crippen molar-refractivity contribution in [2.24, 2.45) is 5.92 Å². The standard InChI is InChI=1S/C49H63N5O7/c1-3-4-28-54-48(59)44(45(56)38-10-6-5-7-11-38)51-35(2)49(54)25-30-52(31-26-49)34-37-14-20-41(21-15-37)61-42-22-18-39(19-23-42)46(57)50-27-33-60-32-8-9-36-12-16-40(17-13-36)47(58)53-29-24-43(53)55/h12-23,38,44-45,51,56H,2-11,24-34H2,1H3,(H,50,57)/t44-,45+/m0/s1. The number of β-lactam (4-membered cyclic amide) rings is 1. The van der Waals surface area contributed by atoms with E-state index in [-0.39, 0.29) is 29.5 Å². The van der Waals surface area contributed by atoms with E-state index in [1.165, 1.54) is 16.9 Å². The molecule has 12 nitrogen and oxygen atoms in total. The predicted octanol–water partition coefficient (Wildman–Crippen LogP) is 6.62. The number of hydrogen-bond donors (Lipinski definition) is 3. The summed E-state index contributed by atoms with van der Waals surface area (Å²) in [7, 11) is 0. The second-order valence-electron chi connectivity index (χ2n) is 17.2. The zero-order valence-electron chi connectivity index (χ0n) is 35.7. The van der Waals surface area contributed by atoms with Gasteiger partial charge in [0.1, 0.15) is 17.5 Å². The van der Waals surface area contributed by atoms with Crippen molar-refractivity contribution in [1.82, 2.24) is 25.3 Å². The van der Waals surface area contributed by atoms with E-state index in [0.29, 0.717) is 61.9 Å². The Morgan fingerprint density at radius 3 is 2.16 bits per heavy atom. The highest BCUT2D eigenvalue weighted by Gasteiger charge is 2.52. The third kappa shape index (κ3) is 10.7. The first-order chi connectivity index (χ1) is 29.6. The minimum atomic E-state index is -0.687. The molecule has 3 aromatic rings. The fraction of sp³-hybridized carbons (Fsp3) is 0.510. The Bertz CT molecular complexity index is 1970. The molecule has 3 N–H and O–H groups in total. The summed E-state index contributed by atoms with van der Waals surface area (Å²) in [5.74, 6) is 1.00. The van der Waals surface area contributed by atoms with Gasteiger partial charge < -0.3 is 30.1 Å². The number of nitrogens with one attached hydrogen (secondary N) is 2. The molecule has 4 fully saturated rings. The molecule has 12 heteroatoms. The van der Waals surface area contributed by atoms with Crippen molar-refractivity contribution in [3.63, 3.8) is 0 Å². The normalized spacial score (nSPS) is 20.0. The van der Waals surface area contributed by atoms with Gasteiger partial charge in [0.05, 0.1) is 18.2 Å². The molecule has 326 valence electrons. The molecule has 3 aromatic carbocycles. The fourth-order valence-electron chi connectivity index (χ4n) is 9.25. The summed E-state index contributed by atoms with van der Waals surface area (Å²) in [5, 5.41) is 17.7. The topological polar surface area (TPSA) is 141 Å². The monoisotopic (exact) mass is 833 g/mol.